The number of hydrogen-bond acceptors (Lipinski definition) is 5. The number of aryl methyl sites for hydroxylation is 1. The molecule has 0 aromatic heterocycles. The molecule has 0 saturated heterocycles. The zero-order valence-electron chi connectivity index (χ0n) is 18.8. The molecule has 0 unspecified atom stereocenters. The van der Waals surface area contributed by atoms with Gasteiger partial charge in [-0.15, -0.1) is 0 Å². The number of benzene rings is 2. The molecule has 1 N–H and O–H groups in total. The van der Waals surface area contributed by atoms with Gasteiger partial charge in [-0.05, 0) is 67.5 Å². The van der Waals surface area contributed by atoms with Gasteiger partial charge in [-0.2, -0.15) is 0 Å². The van der Waals surface area contributed by atoms with Gasteiger partial charge < -0.3 is 10.1 Å². The van der Waals surface area contributed by atoms with Crippen LogP contribution in [0.2, 0.25) is 0 Å². The predicted molar refractivity (Wildman–Crippen MR) is 126 cm³/mol. The van der Waals surface area contributed by atoms with Gasteiger partial charge in [-0.25, -0.2) is 13.2 Å². The molecule has 176 valence electrons. The summed E-state index contributed by atoms with van der Waals surface area (Å²) in [7, 11) is -3.75. The number of nitrogens with one attached hydrogen (secondary N) is 1. The topological polar surface area (TPSA) is 92.8 Å². The summed E-state index contributed by atoms with van der Waals surface area (Å²) in [6.45, 7) is 2.18. The molecule has 0 bridgehead atoms. The number of carbonyl (C=O) groups is 2. The summed E-state index contributed by atoms with van der Waals surface area (Å²) >= 11 is 0. The van der Waals surface area contributed by atoms with Crippen molar-refractivity contribution in [3.05, 3.63) is 59.7 Å². The zero-order chi connectivity index (χ0) is 23.4. The van der Waals surface area contributed by atoms with E-state index in [1.54, 1.807) is 0 Å². The molecular formula is C25H30N2O5S. The molecule has 1 aliphatic heterocycles. The van der Waals surface area contributed by atoms with Gasteiger partial charge >= 0.3 is 5.97 Å². The molecule has 1 fully saturated rings. The summed E-state index contributed by atoms with van der Waals surface area (Å²) in [5.74, 6) is -0.557. The number of para-hydroxylation sites is 1. The molecule has 2 aliphatic rings. The maximum atomic E-state index is 13.2. The Morgan fingerprint density at radius 1 is 1.03 bits per heavy atom. The lowest BCUT2D eigenvalue weighted by molar-refractivity contribution is -0.125. The van der Waals surface area contributed by atoms with Gasteiger partial charge in [0.25, 0.3) is 15.9 Å². The summed E-state index contributed by atoms with van der Waals surface area (Å²) < 4.78 is 33.0. The van der Waals surface area contributed by atoms with Crippen molar-refractivity contribution in [2.75, 3.05) is 17.5 Å². The molecule has 1 saturated carbocycles. The van der Waals surface area contributed by atoms with Crippen LogP contribution in [0.1, 0.15) is 54.9 Å². The van der Waals surface area contributed by atoms with Gasteiger partial charge in [-0.1, -0.05) is 38.0 Å². The van der Waals surface area contributed by atoms with Gasteiger partial charge in [0, 0.05) is 12.6 Å². The highest BCUT2D eigenvalue weighted by Gasteiger charge is 2.29. The summed E-state index contributed by atoms with van der Waals surface area (Å²) in [6.07, 6.45) is 5.90. The third kappa shape index (κ3) is 5.21. The van der Waals surface area contributed by atoms with Crippen molar-refractivity contribution in [1.29, 1.82) is 0 Å². The minimum Gasteiger partial charge on any atom is -0.452 e. The number of ether oxygens (including phenoxy) is 1. The summed E-state index contributed by atoms with van der Waals surface area (Å²) in [5, 5.41) is 2.95. The molecule has 2 atom stereocenters. The van der Waals surface area contributed by atoms with Crippen LogP contribution in [-0.4, -0.2) is 39.5 Å². The highest BCUT2D eigenvalue weighted by molar-refractivity contribution is 7.92. The first-order chi connectivity index (χ1) is 15.9. The Kier molecular flexibility index (Phi) is 7.02. The Hall–Kier alpha value is -2.87. The van der Waals surface area contributed by atoms with E-state index >= 15 is 0 Å². The van der Waals surface area contributed by atoms with Gasteiger partial charge in [-0.3, -0.25) is 9.10 Å². The largest absolute Gasteiger partial charge is 0.452 e. The molecule has 0 spiro atoms. The fourth-order valence-electron chi connectivity index (χ4n) is 4.63. The average molecular weight is 471 g/mol. The van der Waals surface area contributed by atoms with Gasteiger partial charge in [0.2, 0.25) is 0 Å². The first kappa shape index (κ1) is 23.3. The number of hydrogen-bond donors (Lipinski definition) is 1. The Bertz CT molecular complexity index is 1110. The Morgan fingerprint density at radius 2 is 1.76 bits per heavy atom. The molecule has 2 aromatic carbocycles. The van der Waals surface area contributed by atoms with Crippen molar-refractivity contribution >= 4 is 27.6 Å². The van der Waals surface area contributed by atoms with E-state index in [4.69, 9.17) is 4.74 Å². The lowest BCUT2D eigenvalue weighted by Crippen LogP contribution is -2.42. The molecule has 4 rings (SSSR count). The lowest BCUT2D eigenvalue weighted by atomic mass is 9.86. The van der Waals surface area contributed by atoms with Gasteiger partial charge in [0.15, 0.2) is 6.61 Å². The Morgan fingerprint density at radius 3 is 2.52 bits per heavy atom. The number of sulfonamides is 1. The third-order valence-electron chi connectivity index (χ3n) is 6.54. The number of nitrogens with zero attached hydrogens (tertiary/aromatic N) is 1. The van der Waals surface area contributed by atoms with Crippen LogP contribution in [0, 0.1) is 5.92 Å². The summed E-state index contributed by atoms with van der Waals surface area (Å²) in [6, 6.07) is 13.3. The lowest BCUT2D eigenvalue weighted by Gasteiger charge is -2.30. The molecule has 33 heavy (non-hydrogen) atoms. The third-order valence-corrected chi connectivity index (χ3v) is 8.37. The fraction of sp³-hybridized carbons (Fsp3) is 0.440. The highest BCUT2D eigenvalue weighted by Crippen LogP contribution is 2.31. The standard InChI is InChI=1S/C25H30N2O5S/c1-18-7-2-4-10-22(18)26-24(28)17-32-25(29)20-12-14-21(15-13-20)33(30,31)27-16-6-9-19-8-3-5-11-23(19)27/h3,5,8,11-15,18,22H,2,4,6-7,9-10,16-17H2,1H3,(H,26,28)/t18-,22-/m1/s1. The molecule has 1 aliphatic carbocycles. The SMILES string of the molecule is C[C@@H]1CCCC[C@H]1NC(=O)COC(=O)c1ccc(S(=O)(=O)N2CCCc3ccccc32)cc1. The minimum absolute atomic E-state index is 0.111. The van der Waals surface area contributed by atoms with Crippen molar-refractivity contribution in [2.24, 2.45) is 5.92 Å². The molecule has 8 heteroatoms. The quantitative estimate of drug-likeness (QED) is 0.650. The summed E-state index contributed by atoms with van der Waals surface area (Å²) in [5.41, 5.74) is 1.91. The molecule has 2 aromatic rings. The fourth-order valence-corrected chi connectivity index (χ4v) is 6.17. The van der Waals surface area contributed by atoms with Crippen LogP contribution < -0.4 is 9.62 Å². The van der Waals surface area contributed by atoms with Crippen LogP contribution >= 0.6 is 0 Å². The van der Waals surface area contributed by atoms with E-state index in [0.717, 1.165) is 37.7 Å². The van der Waals surface area contributed by atoms with E-state index in [1.807, 2.05) is 24.3 Å². The monoisotopic (exact) mass is 470 g/mol. The van der Waals surface area contributed by atoms with Crippen LogP contribution in [-0.2, 0) is 26.0 Å². The number of esters is 1. The maximum absolute atomic E-state index is 13.2. The Balaban J connectivity index is 1.38. The zero-order valence-corrected chi connectivity index (χ0v) is 19.6. The van der Waals surface area contributed by atoms with E-state index in [2.05, 4.69) is 12.2 Å². The van der Waals surface area contributed by atoms with Crippen molar-refractivity contribution in [3.8, 4) is 0 Å². The minimum atomic E-state index is -3.75. The van der Waals surface area contributed by atoms with Crippen LogP contribution in [0.3, 0.4) is 0 Å². The number of amides is 1. The van der Waals surface area contributed by atoms with Crippen molar-refractivity contribution < 1.29 is 22.7 Å². The van der Waals surface area contributed by atoms with Crippen molar-refractivity contribution in [3.63, 3.8) is 0 Å². The van der Waals surface area contributed by atoms with Gasteiger partial charge in [0.05, 0.1) is 16.1 Å². The normalized spacial score (nSPS) is 20.6. The number of anilines is 1. The highest BCUT2D eigenvalue weighted by atomic mass is 32.2. The first-order valence-corrected chi connectivity index (χ1v) is 13.0. The van der Waals surface area contributed by atoms with Crippen LogP contribution in [0.15, 0.2) is 53.4 Å². The number of fused-ring (bicyclic) bond motifs is 1. The molecule has 1 amide bonds. The maximum Gasteiger partial charge on any atom is 0.338 e. The molecular weight excluding hydrogens is 440 g/mol. The van der Waals surface area contributed by atoms with E-state index in [1.165, 1.54) is 35.0 Å². The molecule has 7 nitrogen and oxygen atoms in total. The molecule has 1 heterocycles. The van der Waals surface area contributed by atoms with Crippen LogP contribution in [0.4, 0.5) is 5.69 Å². The predicted octanol–water partition coefficient (Wildman–Crippen LogP) is 3.68. The first-order valence-electron chi connectivity index (χ1n) is 11.5. The molecule has 0 radical (unpaired) electrons. The second kappa shape index (κ2) is 9.95. The van der Waals surface area contributed by atoms with E-state index in [-0.39, 0.29) is 29.0 Å². The Labute approximate surface area is 195 Å². The van der Waals surface area contributed by atoms with Crippen molar-refractivity contribution in [1.82, 2.24) is 5.32 Å². The van der Waals surface area contributed by atoms with Crippen LogP contribution in [0.25, 0.3) is 0 Å². The van der Waals surface area contributed by atoms with Crippen LogP contribution in [0.5, 0.6) is 0 Å². The average Bonchev–Trinajstić information content (AvgIpc) is 2.83. The number of carbonyl (C=O) groups excluding carboxylic acids is 2. The van der Waals surface area contributed by atoms with E-state index in [0.29, 0.717) is 18.2 Å². The van der Waals surface area contributed by atoms with Gasteiger partial charge in [0.1, 0.15) is 0 Å². The van der Waals surface area contributed by atoms with E-state index < -0.39 is 16.0 Å². The van der Waals surface area contributed by atoms with Crippen molar-refractivity contribution in [2.45, 2.75) is 56.4 Å². The smallest absolute Gasteiger partial charge is 0.338 e. The number of rotatable bonds is 6. The van der Waals surface area contributed by atoms with E-state index in [9.17, 15) is 18.0 Å². The summed E-state index contributed by atoms with van der Waals surface area (Å²) in [4.78, 5) is 24.7. The second-order valence-corrected chi connectivity index (χ2v) is 10.7. The second-order valence-electron chi connectivity index (χ2n) is 8.85.